The molecule has 0 aliphatic carbocycles. The summed E-state index contributed by atoms with van der Waals surface area (Å²) in [5.74, 6) is -1.29. The largest absolute Gasteiger partial charge is 0.479 e. The summed E-state index contributed by atoms with van der Waals surface area (Å²) in [4.78, 5) is 18.9. The number of thiazole rings is 1. The zero-order chi connectivity index (χ0) is 24.2. The fourth-order valence-electron chi connectivity index (χ4n) is 3.08. The minimum atomic E-state index is -4.73. The summed E-state index contributed by atoms with van der Waals surface area (Å²) < 4.78 is 73.4. The summed E-state index contributed by atoms with van der Waals surface area (Å²) in [5, 5.41) is 9.28. The molecule has 0 aliphatic rings. The van der Waals surface area contributed by atoms with Crippen molar-refractivity contribution in [2.24, 2.45) is 0 Å². The topological polar surface area (TPSA) is 111 Å². The third kappa shape index (κ3) is 4.18. The highest BCUT2D eigenvalue weighted by Crippen LogP contribution is 2.33. The molecule has 1 aromatic carbocycles. The third-order valence-electron chi connectivity index (χ3n) is 4.91. The maximum Gasteiger partial charge on any atom is 0.433 e. The number of fused-ring (bicyclic) bond motifs is 2. The van der Waals surface area contributed by atoms with Gasteiger partial charge in [-0.3, -0.25) is 0 Å². The zero-order valence-electron chi connectivity index (χ0n) is 17.1. The number of alkyl halides is 3. The second-order valence-corrected chi connectivity index (χ2v) is 10.3. The van der Waals surface area contributed by atoms with E-state index in [2.05, 4.69) is 9.97 Å². The summed E-state index contributed by atoms with van der Waals surface area (Å²) >= 11 is 1.23. The first kappa shape index (κ1) is 23.1. The Morgan fingerprint density at radius 1 is 1.15 bits per heavy atom. The smallest absolute Gasteiger partial charge is 0.433 e. The van der Waals surface area contributed by atoms with Gasteiger partial charge in [0.2, 0.25) is 0 Å². The standard InChI is InChI=1S/C20H16F3N3O5S2/c1-19(2,18(27)28)31-9-11-7-14-15(5-6-17(25-14)20(21,22)23)26(11)33(29,30)12-3-4-13-16(8-12)32-10-24-13/h3-8,10H,9H2,1-2H3,(H,27,28). The summed E-state index contributed by atoms with van der Waals surface area (Å²) in [6, 6.07) is 7.12. The van der Waals surface area contributed by atoms with Crippen LogP contribution in [0.25, 0.3) is 21.3 Å². The van der Waals surface area contributed by atoms with Gasteiger partial charge in [-0.05, 0) is 50.2 Å². The molecule has 0 saturated carbocycles. The van der Waals surface area contributed by atoms with Gasteiger partial charge in [-0.15, -0.1) is 11.3 Å². The van der Waals surface area contributed by atoms with E-state index in [0.717, 1.165) is 16.1 Å². The van der Waals surface area contributed by atoms with Crippen LogP contribution < -0.4 is 0 Å². The molecule has 13 heteroatoms. The average molecular weight is 499 g/mol. The molecule has 8 nitrogen and oxygen atoms in total. The van der Waals surface area contributed by atoms with E-state index in [1.807, 2.05) is 0 Å². The first-order valence-corrected chi connectivity index (χ1v) is 11.7. The molecule has 4 aromatic rings. The van der Waals surface area contributed by atoms with Crippen LogP contribution in [0.5, 0.6) is 0 Å². The lowest BCUT2D eigenvalue weighted by atomic mass is 10.1. The van der Waals surface area contributed by atoms with Crippen molar-refractivity contribution < 1.29 is 36.2 Å². The molecule has 0 aliphatic heterocycles. The van der Waals surface area contributed by atoms with Crippen LogP contribution in [0.1, 0.15) is 25.2 Å². The fraction of sp³-hybridized carbons (Fsp3) is 0.250. The highest BCUT2D eigenvalue weighted by Gasteiger charge is 2.34. The number of pyridine rings is 1. The second-order valence-electron chi connectivity index (χ2n) is 7.59. The van der Waals surface area contributed by atoms with Crippen molar-refractivity contribution in [3.8, 4) is 0 Å². The van der Waals surface area contributed by atoms with Gasteiger partial charge in [0.1, 0.15) is 5.69 Å². The molecule has 3 aromatic heterocycles. The van der Waals surface area contributed by atoms with Crippen LogP contribution >= 0.6 is 11.3 Å². The van der Waals surface area contributed by atoms with Crippen molar-refractivity contribution in [1.29, 1.82) is 0 Å². The lowest BCUT2D eigenvalue weighted by Gasteiger charge is -2.20. The molecule has 0 unspecified atom stereocenters. The SMILES string of the molecule is CC(C)(OCc1cc2nc(C(F)(F)F)ccc2n1S(=O)(=O)c1ccc2ncsc2c1)C(=O)O. The number of hydrogen-bond donors (Lipinski definition) is 1. The van der Waals surface area contributed by atoms with Crippen molar-refractivity contribution >= 4 is 48.6 Å². The molecule has 3 heterocycles. The number of carboxylic acids is 1. The van der Waals surface area contributed by atoms with Gasteiger partial charge in [0, 0.05) is 0 Å². The predicted octanol–water partition coefficient (Wildman–Crippen LogP) is 4.28. The van der Waals surface area contributed by atoms with Gasteiger partial charge < -0.3 is 9.84 Å². The summed E-state index contributed by atoms with van der Waals surface area (Å²) in [5.41, 5.74) is -1.10. The van der Waals surface area contributed by atoms with Gasteiger partial charge >= 0.3 is 12.1 Å². The van der Waals surface area contributed by atoms with E-state index in [1.54, 1.807) is 5.51 Å². The Kier molecular flexibility index (Phi) is 5.46. The number of hydrogen-bond acceptors (Lipinski definition) is 7. The number of benzene rings is 1. The number of rotatable bonds is 6. The third-order valence-corrected chi connectivity index (χ3v) is 7.47. The van der Waals surface area contributed by atoms with Gasteiger partial charge in [-0.1, -0.05) is 0 Å². The molecule has 0 amide bonds. The van der Waals surface area contributed by atoms with Crippen LogP contribution in [0.15, 0.2) is 46.8 Å². The highest BCUT2D eigenvalue weighted by molar-refractivity contribution is 7.90. The van der Waals surface area contributed by atoms with Crippen LogP contribution in [-0.4, -0.2) is 39.0 Å². The molecular formula is C20H16F3N3O5S2. The lowest BCUT2D eigenvalue weighted by molar-refractivity contribution is -0.162. The van der Waals surface area contributed by atoms with E-state index >= 15 is 0 Å². The van der Waals surface area contributed by atoms with E-state index in [0.29, 0.717) is 16.3 Å². The maximum absolute atomic E-state index is 13.6. The molecule has 0 spiro atoms. The predicted molar refractivity (Wildman–Crippen MR) is 113 cm³/mol. The van der Waals surface area contributed by atoms with Gasteiger partial charge in [0.25, 0.3) is 10.0 Å². The Morgan fingerprint density at radius 3 is 2.55 bits per heavy atom. The minimum absolute atomic E-state index is 0.0736. The average Bonchev–Trinajstić information content (AvgIpc) is 3.34. The minimum Gasteiger partial charge on any atom is -0.479 e. The van der Waals surface area contributed by atoms with Crippen LogP contribution in [0, 0.1) is 0 Å². The normalized spacial score (nSPS) is 13.1. The molecule has 174 valence electrons. The van der Waals surface area contributed by atoms with Crippen LogP contribution in [-0.2, 0) is 32.3 Å². The molecular weight excluding hydrogens is 483 g/mol. The van der Waals surface area contributed by atoms with Crippen molar-refractivity contribution in [3.05, 3.63) is 53.3 Å². The molecule has 0 radical (unpaired) electrons. The van der Waals surface area contributed by atoms with E-state index in [9.17, 15) is 31.5 Å². The number of nitrogens with zero attached hydrogens (tertiary/aromatic N) is 3. The van der Waals surface area contributed by atoms with Crippen molar-refractivity contribution in [2.75, 3.05) is 0 Å². The van der Waals surface area contributed by atoms with E-state index < -0.39 is 40.1 Å². The molecule has 0 atom stereocenters. The van der Waals surface area contributed by atoms with Crippen LogP contribution in [0.3, 0.4) is 0 Å². The molecule has 0 fully saturated rings. The zero-order valence-corrected chi connectivity index (χ0v) is 18.8. The Labute approximate surface area is 189 Å². The molecule has 33 heavy (non-hydrogen) atoms. The Bertz CT molecular complexity index is 1490. The maximum atomic E-state index is 13.6. The van der Waals surface area contributed by atoms with Gasteiger partial charge in [0.15, 0.2) is 5.60 Å². The number of aliphatic carboxylic acids is 1. The molecule has 1 N–H and O–H groups in total. The number of aromatic nitrogens is 3. The highest BCUT2D eigenvalue weighted by atomic mass is 32.2. The van der Waals surface area contributed by atoms with Gasteiger partial charge in [-0.2, -0.15) is 13.2 Å². The molecule has 4 rings (SSSR count). The first-order valence-electron chi connectivity index (χ1n) is 9.35. The Morgan fingerprint density at radius 2 is 1.88 bits per heavy atom. The number of carbonyl (C=O) groups is 1. The number of carboxylic acid groups (broad SMARTS) is 1. The number of halogens is 3. The van der Waals surface area contributed by atoms with Crippen LogP contribution in [0.2, 0.25) is 0 Å². The quantitative estimate of drug-likeness (QED) is 0.421. The van der Waals surface area contributed by atoms with Gasteiger partial charge in [0.05, 0.1) is 44.0 Å². The molecule has 0 bridgehead atoms. The van der Waals surface area contributed by atoms with Gasteiger partial charge in [-0.25, -0.2) is 27.2 Å². The Balaban J connectivity index is 1.90. The summed E-state index contributed by atoms with van der Waals surface area (Å²) in [7, 11) is -4.31. The fourth-order valence-corrected chi connectivity index (χ4v) is 5.41. The van der Waals surface area contributed by atoms with Crippen molar-refractivity contribution in [3.63, 3.8) is 0 Å². The summed E-state index contributed by atoms with van der Waals surface area (Å²) in [6.45, 7) is 2.04. The number of ether oxygens (including phenoxy) is 1. The molecule has 0 saturated heterocycles. The monoisotopic (exact) mass is 499 g/mol. The first-order chi connectivity index (χ1) is 15.3. The van der Waals surface area contributed by atoms with Crippen molar-refractivity contribution in [2.45, 2.75) is 37.1 Å². The van der Waals surface area contributed by atoms with E-state index in [-0.39, 0.29) is 21.6 Å². The van der Waals surface area contributed by atoms with Crippen LogP contribution in [0.4, 0.5) is 13.2 Å². The van der Waals surface area contributed by atoms with Crippen molar-refractivity contribution in [1.82, 2.24) is 13.9 Å². The summed E-state index contributed by atoms with van der Waals surface area (Å²) in [6.07, 6.45) is -4.73. The van der Waals surface area contributed by atoms with E-state index in [1.165, 1.54) is 43.4 Å². The Hall–Kier alpha value is -3.03. The lowest BCUT2D eigenvalue weighted by Crippen LogP contribution is -2.34. The second kappa shape index (κ2) is 7.78. The van der Waals surface area contributed by atoms with E-state index in [4.69, 9.17) is 4.74 Å².